The van der Waals surface area contributed by atoms with E-state index in [0.717, 1.165) is 19.3 Å². The molecule has 1 amide bonds. The molecule has 2 bridgehead atoms. The van der Waals surface area contributed by atoms with Crippen molar-refractivity contribution >= 4 is 29.4 Å². The first kappa shape index (κ1) is 32.5. The highest BCUT2D eigenvalue weighted by atomic mass is 32.2. The average Bonchev–Trinajstić information content (AvgIpc) is 3.25. The van der Waals surface area contributed by atoms with Crippen LogP contribution in [-0.4, -0.2) is 69.3 Å². The molecule has 4 fully saturated rings. The zero-order chi connectivity index (χ0) is 30.5. The lowest BCUT2D eigenvalue weighted by Gasteiger charge is -2.61. The van der Waals surface area contributed by atoms with Gasteiger partial charge in [-0.25, -0.2) is 0 Å². The van der Waals surface area contributed by atoms with Gasteiger partial charge in [-0.2, -0.15) is 0 Å². The Hall–Kier alpha value is -1.42. The smallest absolute Gasteiger partial charge is 0.316 e. The van der Waals surface area contributed by atoms with E-state index in [1.807, 2.05) is 20.8 Å². The number of hydrogen-bond donors (Lipinski definition) is 4. The van der Waals surface area contributed by atoms with Crippen molar-refractivity contribution in [3.05, 3.63) is 12.7 Å². The minimum atomic E-state index is -0.952. The van der Waals surface area contributed by atoms with Crippen molar-refractivity contribution in [3.8, 4) is 0 Å². The Morgan fingerprint density at radius 2 is 1.88 bits per heavy atom. The third-order valence-corrected chi connectivity index (χ3v) is 13.0. The Balaban J connectivity index is 1.43. The highest BCUT2D eigenvalue weighted by Gasteiger charge is 2.68. The molecule has 4 aliphatic rings. The normalized spacial score (nSPS) is 44.7. The zero-order valence-corrected chi connectivity index (χ0v) is 26.6. The molecule has 0 spiro atoms. The standard InChI is InChI=1S/C32H52N2O6S/c1-8-29(6)15-23(30(7)19(4)9-11-32(20(5)27(29)37)12-10-22(35)26(30)32)40-24(36)16-41-17-31(39)13-21(14-31)34-28(38)25(33)18(2)3/h8,18-21,23,25-27,37,39H,1,9-17,33H2,2-7H3,(H,34,38)/t19?,20-,21?,23+,25?,26?,27-,29+,30-,31?,32-/m0/s1. The Bertz CT molecular complexity index is 1050. The summed E-state index contributed by atoms with van der Waals surface area (Å²) in [4.78, 5) is 39.1. The summed E-state index contributed by atoms with van der Waals surface area (Å²) >= 11 is 1.32. The monoisotopic (exact) mass is 592 g/mol. The summed E-state index contributed by atoms with van der Waals surface area (Å²) < 4.78 is 6.29. The first-order chi connectivity index (χ1) is 19.0. The second-order valence-electron chi connectivity index (χ2n) is 14.7. The number of ketones is 1. The number of amides is 1. The first-order valence-corrected chi connectivity index (χ1v) is 16.6. The van der Waals surface area contributed by atoms with Crippen molar-refractivity contribution in [3.63, 3.8) is 0 Å². The number of hydrogen-bond acceptors (Lipinski definition) is 8. The van der Waals surface area contributed by atoms with Crippen molar-refractivity contribution in [2.24, 2.45) is 45.7 Å². The van der Waals surface area contributed by atoms with Gasteiger partial charge in [0.25, 0.3) is 0 Å². The van der Waals surface area contributed by atoms with E-state index < -0.39 is 34.7 Å². The van der Waals surface area contributed by atoms with Crippen molar-refractivity contribution < 1.29 is 29.3 Å². The van der Waals surface area contributed by atoms with E-state index >= 15 is 0 Å². The van der Waals surface area contributed by atoms with Gasteiger partial charge in [-0.3, -0.25) is 14.4 Å². The maximum Gasteiger partial charge on any atom is 0.316 e. The van der Waals surface area contributed by atoms with Crippen LogP contribution in [0, 0.1) is 39.9 Å². The van der Waals surface area contributed by atoms with Crippen LogP contribution in [0.25, 0.3) is 0 Å². The maximum absolute atomic E-state index is 13.5. The van der Waals surface area contributed by atoms with Crippen LogP contribution in [0.1, 0.15) is 86.5 Å². The van der Waals surface area contributed by atoms with Gasteiger partial charge in [0.1, 0.15) is 11.9 Å². The summed E-state index contributed by atoms with van der Waals surface area (Å²) in [5, 5.41) is 25.4. The number of Topliss-reactive ketones (excluding diaryl/α,β-unsaturated/α-hetero) is 1. The van der Waals surface area contributed by atoms with Gasteiger partial charge in [-0.05, 0) is 61.7 Å². The molecule has 0 heterocycles. The van der Waals surface area contributed by atoms with E-state index in [4.69, 9.17) is 10.5 Å². The zero-order valence-electron chi connectivity index (χ0n) is 25.8. The van der Waals surface area contributed by atoms with Gasteiger partial charge in [0.2, 0.25) is 5.91 Å². The predicted octanol–water partition coefficient (Wildman–Crippen LogP) is 3.62. The van der Waals surface area contributed by atoms with Gasteiger partial charge < -0.3 is 26.0 Å². The molecule has 0 aromatic rings. The number of ether oxygens (including phenoxy) is 1. The minimum absolute atomic E-state index is 0.0337. The van der Waals surface area contributed by atoms with Crippen molar-refractivity contribution in [1.82, 2.24) is 5.32 Å². The van der Waals surface area contributed by atoms with Crippen molar-refractivity contribution in [1.29, 1.82) is 0 Å². The number of nitrogens with two attached hydrogens (primary N) is 1. The summed E-state index contributed by atoms with van der Waals surface area (Å²) in [6.07, 6.45) is 4.91. The first-order valence-electron chi connectivity index (χ1n) is 15.4. The van der Waals surface area contributed by atoms with Crippen molar-refractivity contribution in [2.75, 3.05) is 11.5 Å². The summed E-state index contributed by atoms with van der Waals surface area (Å²) in [6, 6.07) is -0.700. The number of esters is 1. The van der Waals surface area contributed by atoms with Crippen LogP contribution < -0.4 is 11.1 Å². The van der Waals surface area contributed by atoms with Crippen LogP contribution in [0.15, 0.2) is 12.7 Å². The van der Waals surface area contributed by atoms with Crippen LogP contribution in [0.5, 0.6) is 0 Å². The number of nitrogens with one attached hydrogen (secondary N) is 1. The molecule has 232 valence electrons. The van der Waals surface area contributed by atoms with Gasteiger partial charge in [-0.1, -0.05) is 47.6 Å². The topological polar surface area (TPSA) is 139 Å². The molecule has 9 atom stereocenters. The summed E-state index contributed by atoms with van der Waals surface area (Å²) in [5.41, 5.74) is 3.45. The molecular weight excluding hydrogens is 540 g/mol. The van der Waals surface area contributed by atoms with Gasteiger partial charge in [0.05, 0.1) is 23.5 Å². The number of carbonyl (C=O) groups excluding carboxylic acids is 3. The van der Waals surface area contributed by atoms with Crippen LogP contribution in [-0.2, 0) is 19.1 Å². The molecular formula is C32H52N2O6S. The molecule has 4 saturated carbocycles. The van der Waals surface area contributed by atoms with Crippen LogP contribution in [0.4, 0.5) is 0 Å². The summed E-state index contributed by atoms with van der Waals surface area (Å²) in [7, 11) is 0. The third-order valence-electron chi connectivity index (χ3n) is 11.8. The van der Waals surface area contributed by atoms with E-state index in [0.29, 0.717) is 31.4 Å². The minimum Gasteiger partial charge on any atom is -0.461 e. The molecule has 5 N–H and O–H groups in total. The number of aliphatic hydroxyl groups excluding tert-OH is 1. The van der Waals surface area contributed by atoms with Gasteiger partial charge in [-0.15, -0.1) is 18.3 Å². The lowest BCUT2D eigenvalue weighted by atomic mass is 9.44. The number of aliphatic hydroxyl groups is 2. The van der Waals surface area contributed by atoms with Gasteiger partial charge in [0, 0.05) is 35.0 Å². The molecule has 0 aromatic heterocycles. The highest BCUT2D eigenvalue weighted by Crippen LogP contribution is 2.68. The predicted molar refractivity (Wildman–Crippen MR) is 161 cm³/mol. The molecule has 0 radical (unpaired) electrons. The quantitative estimate of drug-likeness (QED) is 0.235. The molecule has 9 heteroatoms. The summed E-state index contributed by atoms with van der Waals surface area (Å²) in [5.74, 6) is -0.0284. The SMILES string of the molecule is C=C[C@]1(C)C[C@@H](OC(=O)CSCC2(O)CC(NC(=O)C(N)C(C)C)C2)[C@]2(C)C(C)CC[C@]3(CCC(=O)C32)[C@@H](C)[C@@H]1O. The second kappa shape index (κ2) is 11.6. The van der Waals surface area contributed by atoms with Crippen molar-refractivity contribution in [2.45, 2.75) is 116 Å². The summed E-state index contributed by atoms with van der Waals surface area (Å²) in [6.45, 7) is 16.2. The van der Waals surface area contributed by atoms with Gasteiger partial charge >= 0.3 is 5.97 Å². The molecule has 3 unspecified atom stereocenters. The van der Waals surface area contributed by atoms with E-state index in [9.17, 15) is 24.6 Å². The maximum atomic E-state index is 13.5. The molecule has 4 rings (SSSR count). The fraction of sp³-hybridized carbons (Fsp3) is 0.844. The van der Waals surface area contributed by atoms with Crippen LogP contribution >= 0.6 is 11.8 Å². The average molecular weight is 593 g/mol. The third kappa shape index (κ3) is 5.65. The van der Waals surface area contributed by atoms with Gasteiger partial charge in [0.15, 0.2) is 0 Å². The second-order valence-corrected chi connectivity index (χ2v) is 15.7. The lowest BCUT2D eigenvalue weighted by Crippen LogP contribution is -2.63. The Labute approximate surface area is 250 Å². The van der Waals surface area contributed by atoms with Crippen LogP contribution in [0.2, 0.25) is 0 Å². The molecule has 8 nitrogen and oxygen atoms in total. The van der Waals surface area contributed by atoms with Crippen LogP contribution in [0.3, 0.4) is 0 Å². The molecule has 0 aliphatic heterocycles. The number of carbonyl (C=O) groups is 3. The number of thioether (sulfide) groups is 1. The Morgan fingerprint density at radius 1 is 1.22 bits per heavy atom. The van der Waals surface area contributed by atoms with E-state index in [1.54, 1.807) is 6.08 Å². The molecule has 0 aromatic carbocycles. The Morgan fingerprint density at radius 3 is 2.49 bits per heavy atom. The fourth-order valence-electron chi connectivity index (χ4n) is 8.70. The van der Waals surface area contributed by atoms with E-state index in [-0.39, 0.29) is 58.5 Å². The number of rotatable bonds is 9. The molecule has 0 saturated heterocycles. The molecule has 41 heavy (non-hydrogen) atoms. The fourth-order valence-corrected chi connectivity index (χ4v) is 9.65. The van der Waals surface area contributed by atoms with E-state index in [1.165, 1.54) is 11.8 Å². The Kier molecular flexibility index (Phi) is 9.18. The highest BCUT2D eigenvalue weighted by molar-refractivity contribution is 8.00. The molecule has 4 aliphatic carbocycles. The lowest BCUT2D eigenvalue weighted by molar-refractivity contribution is -0.205. The van der Waals surface area contributed by atoms with E-state index in [2.05, 4.69) is 32.7 Å². The largest absolute Gasteiger partial charge is 0.461 e.